The summed E-state index contributed by atoms with van der Waals surface area (Å²) >= 11 is 9.42. The summed E-state index contributed by atoms with van der Waals surface area (Å²) in [4.78, 5) is 12.7. The predicted molar refractivity (Wildman–Crippen MR) is 130 cm³/mol. The van der Waals surface area contributed by atoms with Gasteiger partial charge in [0.1, 0.15) is 24.1 Å². The van der Waals surface area contributed by atoms with E-state index in [1.54, 1.807) is 48.5 Å². The lowest BCUT2D eigenvalue weighted by Crippen LogP contribution is -2.14. The molecule has 0 radical (unpaired) electrons. The Balaban J connectivity index is 1.85. The lowest BCUT2D eigenvalue weighted by Gasteiger charge is -2.14. The Labute approximate surface area is 204 Å². The fraction of sp³-hybridized carbons (Fsp3) is 0.120. The molecule has 0 aromatic heterocycles. The quantitative estimate of drug-likeness (QED) is 0.274. The second kappa shape index (κ2) is 11.0. The normalized spacial score (nSPS) is 11.0. The molecule has 0 spiro atoms. The average molecular weight is 530 g/mol. The van der Waals surface area contributed by atoms with Gasteiger partial charge in [-0.15, -0.1) is 0 Å². The van der Waals surface area contributed by atoms with E-state index in [2.05, 4.69) is 21.2 Å². The van der Waals surface area contributed by atoms with E-state index in [0.717, 1.165) is 5.56 Å². The average Bonchev–Trinajstić information content (AvgIpc) is 2.79. The molecule has 0 heterocycles. The summed E-state index contributed by atoms with van der Waals surface area (Å²) in [5.74, 6) is -0.213. The van der Waals surface area contributed by atoms with Crippen molar-refractivity contribution in [3.8, 4) is 17.6 Å². The van der Waals surface area contributed by atoms with Gasteiger partial charge in [-0.3, -0.25) is 4.79 Å². The number of anilines is 1. The molecule has 3 rings (SSSR count). The minimum Gasteiger partial charge on any atom is -0.493 e. The van der Waals surface area contributed by atoms with Crippen LogP contribution in [-0.4, -0.2) is 13.0 Å². The third kappa shape index (κ3) is 6.13. The second-order valence-electron chi connectivity index (χ2n) is 7.00. The van der Waals surface area contributed by atoms with E-state index in [1.165, 1.54) is 19.3 Å². The summed E-state index contributed by atoms with van der Waals surface area (Å²) in [5, 5.41) is 12.7. The maximum atomic E-state index is 13.9. The van der Waals surface area contributed by atoms with Gasteiger partial charge in [0.2, 0.25) is 0 Å². The number of methoxy groups -OCH3 is 1. The van der Waals surface area contributed by atoms with Crippen molar-refractivity contribution in [2.45, 2.75) is 13.5 Å². The molecule has 8 heteroatoms. The van der Waals surface area contributed by atoms with Gasteiger partial charge in [0.15, 0.2) is 11.5 Å². The molecule has 1 N–H and O–H groups in total. The summed E-state index contributed by atoms with van der Waals surface area (Å²) in [6.07, 6.45) is 1.43. The van der Waals surface area contributed by atoms with Crippen molar-refractivity contribution in [2.75, 3.05) is 12.4 Å². The molecule has 0 aliphatic carbocycles. The largest absolute Gasteiger partial charge is 0.493 e. The van der Waals surface area contributed by atoms with Crippen molar-refractivity contribution in [3.05, 3.63) is 92.2 Å². The van der Waals surface area contributed by atoms with Gasteiger partial charge in [0.25, 0.3) is 5.91 Å². The van der Waals surface area contributed by atoms with Gasteiger partial charge < -0.3 is 14.8 Å². The molecule has 0 aliphatic heterocycles. The lowest BCUT2D eigenvalue weighted by atomic mass is 10.1. The fourth-order valence-electron chi connectivity index (χ4n) is 2.96. The molecule has 5 nitrogen and oxygen atoms in total. The highest BCUT2D eigenvalue weighted by molar-refractivity contribution is 9.10. The van der Waals surface area contributed by atoms with Crippen molar-refractivity contribution in [3.63, 3.8) is 0 Å². The van der Waals surface area contributed by atoms with Crippen LogP contribution in [0.1, 0.15) is 16.7 Å². The van der Waals surface area contributed by atoms with Gasteiger partial charge in [-0.05, 0) is 70.4 Å². The van der Waals surface area contributed by atoms with Crippen molar-refractivity contribution in [1.82, 2.24) is 0 Å². The highest BCUT2D eigenvalue weighted by Gasteiger charge is 2.15. The third-order valence-corrected chi connectivity index (χ3v) is 5.53. The first-order valence-electron chi connectivity index (χ1n) is 9.75. The van der Waals surface area contributed by atoms with Crippen LogP contribution in [0.25, 0.3) is 6.08 Å². The van der Waals surface area contributed by atoms with Crippen LogP contribution >= 0.6 is 27.5 Å². The van der Waals surface area contributed by atoms with E-state index >= 15 is 0 Å². The minimum absolute atomic E-state index is 0.00164. The number of nitriles is 1. The Bertz CT molecular complexity index is 1270. The highest BCUT2D eigenvalue weighted by atomic mass is 79.9. The van der Waals surface area contributed by atoms with E-state index in [4.69, 9.17) is 21.1 Å². The Morgan fingerprint density at radius 2 is 2.00 bits per heavy atom. The molecule has 0 fully saturated rings. The minimum atomic E-state index is -0.571. The number of nitrogens with zero attached hydrogens (tertiary/aromatic N) is 1. The molecule has 0 atom stereocenters. The van der Waals surface area contributed by atoms with Gasteiger partial charge in [-0.25, -0.2) is 4.39 Å². The Morgan fingerprint density at radius 1 is 1.24 bits per heavy atom. The summed E-state index contributed by atoms with van der Waals surface area (Å²) in [6.45, 7) is 1.82. The Hall–Kier alpha value is -3.34. The lowest BCUT2D eigenvalue weighted by molar-refractivity contribution is -0.112. The number of hydrogen-bond donors (Lipinski definition) is 1. The molecule has 0 bridgehead atoms. The zero-order chi connectivity index (χ0) is 24.0. The van der Waals surface area contributed by atoms with E-state index in [9.17, 15) is 14.4 Å². The zero-order valence-electron chi connectivity index (χ0n) is 17.8. The van der Waals surface area contributed by atoms with Crippen LogP contribution in [0.4, 0.5) is 10.1 Å². The summed E-state index contributed by atoms with van der Waals surface area (Å²) < 4.78 is 25.6. The maximum absolute atomic E-state index is 13.9. The van der Waals surface area contributed by atoms with Crippen LogP contribution in [0.5, 0.6) is 11.5 Å². The molecule has 3 aromatic rings. The predicted octanol–water partition coefficient (Wildman–Crippen LogP) is 6.68. The molecule has 1 amide bonds. The van der Waals surface area contributed by atoms with Crippen molar-refractivity contribution < 1.29 is 18.7 Å². The standard InChI is InChI=1S/C25H19BrClFN2O3/c1-15-7-8-19(27)12-22(15)30-25(31)18(13-29)9-16-10-20(26)24(23(11-16)32-2)33-14-17-5-3-4-6-21(17)28/h3-12H,14H2,1-2H3,(H,30,31)/b18-9+. The van der Waals surface area contributed by atoms with Gasteiger partial charge in [-0.1, -0.05) is 35.9 Å². The number of benzene rings is 3. The maximum Gasteiger partial charge on any atom is 0.266 e. The molecule has 3 aromatic carbocycles. The highest BCUT2D eigenvalue weighted by Crippen LogP contribution is 2.38. The van der Waals surface area contributed by atoms with Crippen molar-refractivity contribution >= 4 is 45.2 Å². The number of amides is 1. The van der Waals surface area contributed by atoms with Crippen LogP contribution in [0.15, 0.2) is 64.6 Å². The molecule has 33 heavy (non-hydrogen) atoms. The molecule has 0 unspecified atom stereocenters. The van der Waals surface area contributed by atoms with Gasteiger partial charge in [0, 0.05) is 16.3 Å². The zero-order valence-corrected chi connectivity index (χ0v) is 20.1. The van der Waals surface area contributed by atoms with E-state index in [-0.39, 0.29) is 18.0 Å². The Morgan fingerprint density at radius 3 is 2.70 bits per heavy atom. The fourth-order valence-corrected chi connectivity index (χ4v) is 3.71. The number of nitrogens with one attached hydrogen (secondary N) is 1. The van der Waals surface area contributed by atoms with Gasteiger partial charge in [0.05, 0.1) is 11.6 Å². The molecular weight excluding hydrogens is 511 g/mol. The second-order valence-corrected chi connectivity index (χ2v) is 8.29. The first-order valence-corrected chi connectivity index (χ1v) is 10.9. The topological polar surface area (TPSA) is 71.3 Å². The first-order chi connectivity index (χ1) is 15.8. The van der Waals surface area contributed by atoms with E-state index in [0.29, 0.717) is 37.8 Å². The van der Waals surface area contributed by atoms with Gasteiger partial charge in [-0.2, -0.15) is 5.26 Å². The molecule has 0 saturated carbocycles. The van der Waals surface area contributed by atoms with Crippen LogP contribution in [0, 0.1) is 24.1 Å². The molecule has 0 saturated heterocycles. The molecule has 168 valence electrons. The van der Waals surface area contributed by atoms with E-state index in [1.807, 2.05) is 13.0 Å². The SMILES string of the molecule is COc1cc(/C=C(\C#N)C(=O)Nc2cc(Cl)ccc2C)cc(Br)c1OCc1ccccc1F. The number of carbonyl (C=O) groups is 1. The van der Waals surface area contributed by atoms with Gasteiger partial charge >= 0.3 is 0 Å². The number of halogens is 3. The number of hydrogen-bond acceptors (Lipinski definition) is 4. The smallest absolute Gasteiger partial charge is 0.266 e. The van der Waals surface area contributed by atoms with E-state index < -0.39 is 5.91 Å². The van der Waals surface area contributed by atoms with Crippen molar-refractivity contribution in [2.24, 2.45) is 0 Å². The summed E-state index contributed by atoms with van der Waals surface area (Å²) in [5.41, 5.74) is 2.15. The molecular formula is C25H19BrClFN2O3. The van der Waals surface area contributed by atoms with Crippen LogP contribution in [0.3, 0.4) is 0 Å². The first kappa shape index (κ1) is 24.3. The molecule has 0 aliphatic rings. The number of carbonyl (C=O) groups excluding carboxylic acids is 1. The van der Waals surface area contributed by atoms with Crippen LogP contribution in [-0.2, 0) is 11.4 Å². The third-order valence-electron chi connectivity index (χ3n) is 4.71. The number of rotatable bonds is 7. The number of ether oxygens (including phenoxy) is 2. The summed E-state index contributed by atoms with van der Waals surface area (Å²) in [7, 11) is 1.46. The number of aryl methyl sites for hydroxylation is 1. The Kier molecular flexibility index (Phi) is 8.10. The monoisotopic (exact) mass is 528 g/mol. The summed E-state index contributed by atoms with van der Waals surface area (Å²) in [6, 6.07) is 16.6. The van der Waals surface area contributed by atoms with Crippen molar-refractivity contribution in [1.29, 1.82) is 5.26 Å². The van der Waals surface area contributed by atoms with Crippen LogP contribution in [0.2, 0.25) is 5.02 Å². The van der Waals surface area contributed by atoms with Crippen LogP contribution < -0.4 is 14.8 Å².